The highest BCUT2D eigenvalue weighted by Gasteiger charge is 2.32. The molecule has 1 aromatic heterocycles. The minimum atomic E-state index is -3.63. The normalized spacial score (nSPS) is 22.4. The van der Waals surface area contributed by atoms with Crippen molar-refractivity contribution >= 4 is 27.0 Å². The molecule has 1 atom stereocenters. The van der Waals surface area contributed by atoms with E-state index in [2.05, 4.69) is 9.97 Å². The number of rotatable bonds is 4. The third kappa shape index (κ3) is 3.16. The molecule has 26 heavy (non-hydrogen) atoms. The van der Waals surface area contributed by atoms with Gasteiger partial charge in [-0.25, -0.2) is 13.2 Å². The summed E-state index contributed by atoms with van der Waals surface area (Å²) in [4.78, 5) is 30.5. The number of nitrogens with zero attached hydrogens (tertiary/aromatic N) is 2. The Balaban J connectivity index is 1.54. The molecule has 2 aromatic rings. The molecule has 3 heterocycles. The first-order valence-electron chi connectivity index (χ1n) is 8.93. The molecular formula is C17H22N4O4S. The number of imidazole rings is 1. The predicted octanol–water partition coefficient (Wildman–Crippen LogP) is 0.879. The molecule has 1 amide bonds. The van der Waals surface area contributed by atoms with Crippen LogP contribution in [0.1, 0.15) is 25.7 Å². The molecule has 0 spiro atoms. The van der Waals surface area contributed by atoms with Gasteiger partial charge >= 0.3 is 5.69 Å². The van der Waals surface area contributed by atoms with Crippen LogP contribution in [0.4, 0.5) is 0 Å². The zero-order chi connectivity index (χ0) is 18.3. The molecule has 2 aliphatic rings. The molecule has 2 aliphatic heterocycles. The van der Waals surface area contributed by atoms with Crippen LogP contribution < -0.4 is 5.69 Å². The van der Waals surface area contributed by atoms with E-state index in [-0.39, 0.29) is 22.4 Å². The average Bonchev–Trinajstić information content (AvgIpc) is 3.19. The smallest absolute Gasteiger partial charge is 0.323 e. The van der Waals surface area contributed by atoms with Crippen LogP contribution in [-0.2, 0) is 14.8 Å². The quantitative estimate of drug-likeness (QED) is 0.823. The van der Waals surface area contributed by atoms with Gasteiger partial charge in [-0.05, 0) is 43.4 Å². The van der Waals surface area contributed by atoms with E-state index in [1.54, 1.807) is 6.07 Å². The Labute approximate surface area is 151 Å². The second kappa shape index (κ2) is 6.55. The maximum atomic E-state index is 13.0. The Bertz CT molecular complexity index is 994. The molecule has 2 fully saturated rings. The molecule has 8 nitrogen and oxygen atoms in total. The predicted molar refractivity (Wildman–Crippen MR) is 96.2 cm³/mol. The van der Waals surface area contributed by atoms with E-state index in [1.807, 2.05) is 4.90 Å². The summed E-state index contributed by atoms with van der Waals surface area (Å²) in [6.07, 6.45) is 3.21. The molecule has 9 heteroatoms. The number of fused-ring (bicyclic) bond motifs is 1. The first-order chi connectivity index (χ1) is 12.4. The number of carbonyl (C=O) groups is 1. The van der Waals surface area contributed by atoms with Crippen LogP contribution in [0.2, 0.25) is 0 Å². The van der Waals surface area contributed by atoms with Crippen molar-refractivity contribution in [2.24, 2.45) is 5.92 Å². The number of likely N-dealkylation sites (tertiary alicyclic amines) is 1. The van der Waals surface area contributed by atoms with Crippen molar-refractivity contribution in [3.8, 4) is 0 Å². The molecular weight excluding hydrogens is 356 g/mol. The lowest BCUT2D eigenvalue weighted by molar-refractivity contribution is -0.128. The van der Waals surface area contributed by atoms with Gasteiger partial charge in [-0.15, -0.1) is 0 Å². The fourth-order valence-corrected chi connectivity index (χ4v) is 5.51. The van der Waals surface area contributed by atoms with E-state index in [0.717, 1.165) is 25.8 Å². The number of aromatic amines is 2. The fourth-order valence-electron chi connectivity index (χ4n) is 3.92. The van der Waals surface area contributed by atoms with Crippen LogP contribution in [0, 0.1) is 5.92 Å². The number of H-pyrrole nitrogens is 2. The van der Waals surface area contributed by atoms with Crippen molar-refractivity contribution in [2.45, 2.75) is 30.6 Å². The molecule has 2 N–H and O–H groups in total. The van der Waals surface area contributed by atoms with Crippen molar-refractivity contribution in [3.05, 3.63) is 28.7 Å². The van der Waals surface area contributed by atoms with Gasteiger partial charge < -0.3 is 14.9 Å². The van der Waals surface area contributed by atoms with Gasteiger partial charge in [0.15, 0.2) is 0 Å². The monoisotopic (exact) mass is 378 g/mol. The third-order valence-electron chi connectivity index (χ3n) is 5.26. The maximum Gasteiger partial charge on any atom is 0.323 e. The van der Waals surface area contributed by atoms with Gasteiger partial charge in [0.25, 0.3) is 0 Å². The number of amides is 1. The Kier molecular flexibility index (Phi) is 4.36. The van der Waals surface area contributed by atoms with E-state index in [0.29, 0.717) is 37.1 Å². The fraction of sp³-hybridized carbons (Fsp3) is 0.529. The van der Waals surface area contributed by atoms with Crippen LogP contribution in [0.25, 0.3) is 11.0 Å². The van der Waals surface area contributed by atoms with Crippen LogP contribution in [-0.4, -0.2) is 59.7 Å². The SMILES string of the molecule is O=C1CCCN1C[C@@H]1CCCN(S(=O)(=O)c2ccc3[nH]c(=O)[nH]c3c2)C1. The van der Waals surface area contributed by atoms with Crippen LogP contribution >= 0.6 is 0 Å². The van der Waals surface area contributed by atoms with E-state index in [1.165, 1.54) is 16.4 Å². The second-order valence-electron chi connectivity index (χ2n) is 7.10. The van der Waals surface area contributed by atoms with E-state index in [4.69, 9.17) is 0 Å². The number of aromatic nitrogens is 2. The summed E-state index contributed by atoms with van der Waals surface area (Å²) in [5.74, 6) is 0.336. The van der Waals surface area contributed by atoms with Gasteiger partial charge in [0.1, 0.15) is 0 Å². The Morgan fingerprint density at radius 1 is 1.08 bits per heavy atom. The third-order valence-corrected chi connectivity index (χ3v) is 7.12. The molecule has 4 rings (SSSR count). The van der Waals surface area contributed by atoms with Crippen molar-refractivity contribution in [1.82, 2.24) is 19.2 Å². The minimum Gasteiger partial charge on any atom is -0.342 e. The summed E-state index contributed by atoms with van der Waals surface area (Å²) in [6, 6.07) is 4.62. The first-order valence-corrected chi connectivity index (χ1v) is 10.4. The van der Waals surface area contributed by atoms with Gasteiger partial charge in [-0.1, -0.05) is 0 Å². The highest BCUT2D eigenvalue weighted by Crippen LogP contribution is 2.26. The average molecular weight is 378 g/mol. The van der Waals surface area contributed by atoms with Gasteiger partial charge in [0.2, 0.25) is 15.9 Å². The highest BCUT2D eigenvalue weighted by atomic mass is 32.2. The molecule has 0 radical (unpaired) electrons. The molecule has 2 saturated heterocycles. The van der Waals surface area contributed by atoms with E-state index in [9.17, 15) is 18.0 Å². The Morgan fingerprint density at radius 3 is 2.65 bits per heavy atom. The van der Waals surface area contributed by atoms with Crippen molar-refractivity contribution in [3.63, 3.8) is 0 Å². The summed E-state index contributed by atoms with van der Waals surface area (Å²) in [6.45, 7) is 2.32. The van der Waals surface area contributed by atoms with Crippen LogP contribution in [0.15, 0.2) is 27.9 Å². The molecule has 0 saturated carbocycles. The van der Waals surface area contributed by atoms with Crippen molar-refractivity contribution in [1.29, 1.82) is 0 Å². The second-order valence-corrected chi connectivity index (χ2v) is 9.04. The molecule has 0 unspecified atom stereocenters. The van der Waals surface area contributed by atoms with E-state index >= 15 is 0 Å². The summed E-state index contributed by atoms with van der Waals surface area (Å²) < 4.78 is 27.6. The standard InChI is InChI=1S/C17H22N4O4S/c22-16-4-2-7-20(16)10-12-3-1-8-21(11-12)26(24,25)13-5-6-14-15(9-13)19-17(23)18-14/h5-6,9,12H,1-4,7-8,10-11H2,(H2,18,19,23)/t12-/m0/s1. The molecule has 0 bridgehead atoms. The number of benzene rings is 1. The number of nitrogens with one attached hydrogen (secondary N) is 2. The van der Waals surface area contributed by atoms with Crippen molar-refractivity contribution in [2.75, 3.05) is 26.2 Å². The largest absolute Gasteiger partial charge is 0.342 e. The summed E-state index contributed by atoms with van der Waals surface area (Å²) in [7, 11) is -3.63. The number of piperidine rings is 1. The Hall–Kier alpha value is -2.13. The highest BCUT2D eigenvalue weighted by molar-refractivity contribution is 7.89. The lowest BCUT2D eigenvalue weighted by atomic mass is 9.99. The van der Waals surface area contributed by atoms with Gasteiger partial charge in [-0.2, -0.15) is 4.31 Å². The zero-order valence-electron chi connectivity index (χ0n) is 14.4. The number of sulfonamides is 1. The summed E-state index contributed by atoms with van der Waals surface area (Å²) in [5, 5.41) is 0. The summed E-state index contributed by atoms with van der Waals surface area (Å²) in [5.41, 5.74) is 0.702. The number of hydrogen-bond donors (Lipinski definition) is 2. The van der Waals surface area contributed by atoms with Gasteiger partial charge in [-0.3, -0.25) is 4.79 Å². The van der Waals surface area contributed by atoms with Crippen LogP contribution in [0.5, 0.6) is 0 Å². The zero-order valence-corrected chi connectivity index (χ0v) is 15.2. The first kappa shape index (κ1) is 17.3. The Morgan fingerprint density at radius 2 is 1.88 bits per heavy atom. The van der Waals surface area contributed by atoms with Gasteiger partial charge in [0, 0.05) is 32.6 Å². The maximum absolute atomic E-state index is 13.0. The molecule has 0 aliphatic carbocycles. The minimum absolute atomic E-state index is 0.163. The lowest BCUT2D eigenvalue weighted by Gasteiger charge is -2.34. The van der Waals surface area contributed by atoms with Crippen molar-refractivity contribution < 1.29 is 13.2 Å². The molecule has 140 valence electrons. The topological polar surface area (TPSA) is 106 Å². The van der Waals surface area contributed by atoms with E-state index < -0.39 is 10.0 Å². The lowest BCUT2D eigenvalue weighted by Crippen LogP contribution is -2.44. The number of hydrogen-bond acceptors (Lipinski definition) is 4. The summed E-state index contributed by atoms with van der Waals surface area (Å²) >= 11 is 0. The number of carbonyl (C=O) groups excluding carboxylic acids is 1. The van der Waals surface area contributed by atoms with Crippen LogP contribution in [0.3, 0.4) is 0 Å². The molecule has 1 aromatic carbocycles. The van der Waals surface area contributed by atoms with Gasteiger partial charge in [0.05, 0.1) is 15.9 Å².